The van der Waals surface area contributed by atoms with Crippen molar-refractivity contribution in [3.63, 3.8) is 0 Å². The number of hydroxylamine groups is 1. The third kappa shape index (κ3) is 4.46. The molecule has 0 atom stereocenters. The molecule has 0 aliphatic heterocycles. The second-order valence-corrected chi connectivity index (χ2v) is 5.09. The molecule has 0 aliphatic rings. The van der Waals surface area contributed by atoms with E-state index in [1.165, 1.54) is 0 Å². The lowest BCUT2D eigenvalue weighted by Crippen LogP contribution is -2.20. The van der Waals surface area contributed by atoms with Gasteiger partial charge in [-0.3, -0.25) is 9.52 Å². The van der Waals surface area contributed by atoms with Gasteiger partial charge in [-0.15, -0.1) is 0 Å². The summed E-state index contributed by atoms with van der Waals surface area (Å²) in [6, 6.07) is 0. The molecule has 1 aromatic rings. The van der Waals surface area contributed by atoms with Gasteiger partial charge in [0.25, 0.3) is 0 Å². The van der Waals surface area contributed by atoms with Crippen LogP contribution in [0.5, 0.6) is 0 Å². The molecule has 0 saturated heterocycles. The molecule has 0 aliphatic carbocycles. The van der Waals surface area contributed by atoms with Crippen molar-refractivity contribution in [2.24, 2.45) is 7.05 Å². The second-order valence-electron chi connectivity index (χ2n) is 5.09. The largest absolute Gasteiger partial charge is 0.382 e. The predicted octanol–water partition coefficient (Wildman–Crippen LogP) is 1.39. The summed E-state index contributed by atoms with van der Waals surface area (Å²) in [6.07, 6.45) is 2.02. The lowest BCUT2D eigenvalue weighted by molar-refractivity contribution is 0.00328. The van der Waals surface area contributed by atoms with Crippen LogP contribution in [-0.4, -0.2) is 30.1 Å². The quantitative estimate of drug-likeness (QED) is 0.604. The zero-order chi connectivity index (χ0) is 12.9. The molecule has 0 unspecified atom stereocenters. The van der Waals surface area contributed by atoms with E-state index in [9.17, 15) is 0 Å². The van der Waals surface area contributed by atoms with Gasteiger partial charge in [0.05, 0.1) is 18.9 Å². The molecule has 1 aromatic heterocycles. The fraction of sp³-hybridized carbons (Fsp3) is 0.750. The van der Waals surface area contributed by atoms with E-state index in [-0.39, 0.29) is 5.41 Å². The number of aryl methyl sites for hydroxylation is 1. The van der Waals surface area contributed by atoms with Crippen molar-refractivity contribution in [2.45, 2.75) is 32.7 Å². The highest BCUT2D eigenvalue weighted by Gasteiger charge is 2.21. The van der Waals surface area contributed by atoms with Crippen LogP contribution in [0.15, 0.2) is 6.20 Å². The van der Waals surface area contributed by atoms with Gasteiger partial charge >= 0.3 is 0 Å². The van der Waals surface area contributed by atoms with E-state index in [1.807, 2.05) is 17.9 Å². The van der Waals surface area contributed by atoms with Gasteiger partial charge in [-0.25, -0.2) is 0 Å². The van der Waals surface area contributed by atoms with Crippen LogP contribution in [-0.2, 0) is 28.6 Å². The zero-order valence-corrected chi connectivity index (χ0v) is 11.4. The van der Waals surface area contributed by atoms with E-state index in [2.05, 4.69) is 31.3 Å². The lowest BCUT2D eigenvalue weighted by Gasteiger charge is -2.17. The van der Waals surface area contributed by atoms with Crippen LogP contribution in [0.4, 0.5) is 0 Å². The molecule has 1 heterocycles. The number of hydrogen-bond donors (Lipinski definition) is 1. The van der Waals surface area contributed by atoms with Crippen molar-refractivity contribution in [3.05, 3.63) is 17.5 Å². The van der Waals surface area contributed by atoms with Crippen LogP contribution in [0.1, 0.15) is 32.0 Å². The number of nitrogens with one attached hydrogen (secondary N) is 1. The minimum Gasteiger partial charge on any atom is -0.382 e. The first-order valence-corrected chi connectivity index (χ1v) is 5.81. The Labute approximate surface area is 103 Å². The second kappa shape index (κ2) is 6.14. The topological polar surface area (TPSA) is 48.3 Å². The number of hydrogen-bond acceptors (Lipinski definition) is 4. The molecule has 1 rings (SSSR count). The van der Waals surface area contributed by atoms with Gasteiger partial charge < -0.3 is 4.74 Å². The summed E-state index contributed by atoms with van der Waals surface area (Å²) in [7, 11) is 3.59. The van der Waals surface area contributed by atoms with Crippen molar-refractivity contribution >= 4 is 0 Å². The van der Waals surface area contributed by atoms with E-state index in [0.29, 0.717) is 19.8 Å². The molecule has 0 saturated carbocycles. The van der Waals surface area contributed by atoms with Gasteiger partial charge in [0.2, 0.25) is 0 Å². The van der Waals surface area contributed by atoms with Crippen molar-refractivity contribution < 1.29 is 9.57 Å². The number of nitrogens with zero attached hydrogens (tertiary/aromatic N) is 2. The summed E-state index contributed by atoms with van der Waals surface area (Å²) in [4.78, 5) is 5.24. The van der Waals surface area contributed by atoms with Crippen LogP contribution in [0.25, 0.3) is 0 Å². The zero-order valence-electron chi connectivity index (χ0n) is 11.4. The van der Waals surface area contributed by atoms with Crippen LogP contribution >= 0.6 is 0 Å². The summed E-state index contributed by atoms with van der Waals surface area (Å²) < 4.78 is 6.73. The van der Waals surface area contributed by atoms with E-state index in [4.69, 9.17) is 9.57 Å². The molecular weight excluding hydrogens is 218 g/mol. The first kappa shape index (κ1) is 14.2. The normalized spacial score (nSPS) is 12.1. The van der Waals surface area contributed by atoms with E-state index < -0.39 is 0 Å². The number of rotatable bonds is 6. The minimum atomic E-state index is 0.0464. The van der Waals surface area contributed by atoms with E-state index >= 15 is 0 Å². The summed E-state index contributed by atoms with van der Waals surface area (Å²) in [5.41, 5.74) is 5.24. The third-order valence-electron chi connectivity index (χ3n) is 2.37. The van der Waals surface area contributed by atoms with Gasteiger partial charge in [-0.2, -0.15) is 10.6 Å². The number of aromatic nitrogens is 2. The van der Waals surface area contributed by atoms with Crippen molar-refractivity contribution in [2.75, 3.05) is 20.3 Å². The Hall–Kier alpha value is -0.910. The van der Waals surface area contributed by atoms with Crippen LogP contribution in [0, 0.1) is 0 Å². The molecular formula is C12H23N3O2. The van der Waals surface area contributed by atoms with Crippen molar-refractivity contribution in [1.82, 2.24) is 15.3 Å². The molecule has 0 spiro atoms. The summed E-state index contributed by atoms with van der Waals surface area (Å²) in [5.74, 6) is 0. The maximum atomic E-state index is 5.24. The highest BCUT2D eigenvalue weighted by atomic mass is 16.7. The number of methoxy groups -OCH3 is 1. The molecule has 5 nitrogen and oxygen atoms in total. The van der Waals surface area contributed by atoms with Gasteiger partial charge in [-0.05, 0) is 0 Å². The number of ether oxygens (including phenoxy) is 1. The molecule has 0 radical (unpaired) electrons. The first-order valence-electron chi connectivity index (χ1n) is 5.81. The average molecular weight is 241 g/mol. The third-order valence-corrected chi connectivity index (χ3v) is 2.37. The average Bonchev–Trinajstić information content (AvgIpc) is 2.59. The van der Waals surface area contributed by atoms with Gasteiger partial charge in [0.1, 0.15) is 0 Å². The molecule has 17 heavy (non-hydrogen) atoms. The van der Waals surface area contributed by atoms with E-state index in [0.717, 1.165) is 11.3 Å². The van der Waals surface area contributed by atoms with Crippen LogP contribution in [0.2, 0.25) is 0 Å². The first-order chi connectivity index (χ1) is 7.95. The standard InChI is InChI=1S/C12H23N3O2/c1-12(2,3)11-10(9-15(4)14-11)8-13-17-7-6-16-5/h9,13H,6-8H2,1-5H3. The monoisotopic (exact) mass is 241 g/mol. The van der Waals surface area contributed by atoms with Gasteiger partial charge in [0, 0.05) is 37.9 Å². The Morgan fingerprint density at radius 1 is 1.35 bits per heavy atom. The lowest BCUT2D eigenvalue weighted by atomic mass is 9.90. The Bertz CT molecular complexity index is 342. The molecule has 98 valence electrons. The summed E-state index contributed by atoms with van der Waals surface area (Å²) >= 11 is 0. The maximum absolute atomic E-state index is 5.24. The smallest absolute Gasteiger partial charge is 0.0916 e. The maximum Gasteiger partial charge on any atom is 0.0916 e. The predicted molar refractivity (Wildman–Crippen MR) is 66.6 cm³/mol. The Morgan fingerprint density at radius 3 is 2.65 bits per heavy atom. The van der Waals surface area contributed by atoms with E-state index in [1.54, 1.807) is 7.11 Å². The molecule has 0 amide bonds. The SMILES string of the molecule is COCCONCc1cn(C)nc1C(C)(C)C. The Balaban J connectivity index is 2.53. The highest BCUT2D eigenvalue weighted by molar-refractivity contribution is 5.23. The van der Waals surface area contributed by atoms with Crippen molar-refractivity contribution in [3.8, 4) is 0 Å². The van der Waals surface area contributed by atoms with Gasteiger partial charge in [0.15, 0.2) is 0 Å². The Morgan fingerprint density at radius 2 is 2.06 bits per heavy atom. The Kier molecular flexibility index (Phi) is 5.11. The fourth-order valence-corrected chi connectivity index (χ4v) is 1.62. The molecule has 0 fully saturated rings. The molecule has 0 aromatic carbocycles. The summed E-state index contributed by atoms with van der Waals surface area (Å²) in [5, 5.41) is 4.49. The molecule has 5 heteroatoms. The summed E-state index contributed by atoms with van der Waals surface area (Å²) in [6.45, 7) is 8.26. The minimum absolute atomic E-state index is 0.0464. The van der Waals surface area contributed by atoms with Gasteiger partial charge in [-0.1, -0.05) is 20.8 Å². The van der Waals surface area contributed by atoms with Crippen molar-refractivity contribution in [1.29, 1.82) is 0 Å². The van der Waals surface area contributed by atoms with Crippen LogP contribution < -0.4 is 5.48 Å². The highest BCUT2D eigenvalue weighted by Crippen LogP contribution is 2.23. The molecule has 0 bridgehead atoms. The molecule has 1 N–H and O–H groups in total. The fourth-order valence-electron chi connectivity index (χ4n) is 1.62. The van der Waals surface area contributed by atoms with Crippen LogP contribution in [0.3, 0.4) is 0 Å².